The summed E-state index contributed by atoms with van der Waals surface area (Å²) in [4.78, 5) is 13.0. The van der Waals surface area contributed by atoms with E-state index in [4.69, 9.17) is 14.5 Å². The van der Waals surface area contributed by atoms with Crippen LogP contribution >= 0.6 is 0 Å². The lowest BCUT2D eigenvalue weighted by atomic mass is 9.72. The monoisotopic (exact) mass is 501 g/mol. The van der Waals surface area contributed by atoms with E-state index in [-0.39, 0.29) is 5.41 Å². The molecule has 3 aromatic carbocycles. The summed E-state index contributed by atoms with van der Waals surface area (Å²) in [5.74, 6) is 3.39. The Morgan fingerprint density at radius 3 is 2.50 bits per heavy atom. The quantitative estimate of drug-likeness (QED) is 0.257. The highest BCUT2D eigenvalue weighted by molar-refractivity contribution is 5.86. The smallest absolute Gasteiger partial charge is 0.146 e. The molecule has 0 aliphatic heterocycles. The van der Waals surface area contributed by atoms with E-state index >= 15 is 0 Å². The van der Waals surface area contributed by atoms with Crippen molar-refractivity contribution in [2.75, 3.05) is 7.11 Å². The topological polar surface area (TPSA) is 60.0 Å². The number of methoxy groups -OCH3 is 1. The van der Waals surface area contributed by atoms with Gasteiger partial charge in [-0.1, -0.05) is 42.5 Å². The second kappa shape index (κ2) is 9.32. The molecule has 0 amide bonds. The molecule has 2 aromatic heterocycles. The molecule has 2 aliphatic carbocycles. The van der Waals surface area contributed by atoms with Crippen molar-refractivity contribution in [3.8, 4) is 11.5 Å². The van der Waals surface area contributed by atoms with Gasteiger partial charge in [-0.15, -0.1) is 0 Å². The Morgan fingerprint density at radius 2 is 1.71 bits per heavy atom. The summed E-state index contributed by atoms with van der Waals surface area (Å²) in [6.45, 7) is 0.568. The van der Waals surface area contributed by atoms with Gasteiger partial charge in [0.25, 0.3) is 0 Å². The molecule has 1 atom stereocenters. The number of rotatable bonds is 8. The van der Waals surface area contributed by atoms with Crippen molar-refractivity contribution < 1.29 is 9.47 Å². The molecule has 0 saturated heterocycles. The molecular formula is C33H31N3O2. The maximum absolute atomic E-state index is 6.21. The Kier molecular flexibility index (Phi) is 5.65. The number of fused-ring (bicyclic) bond motifs is 2. The van der Waals surface area contributed by atoms with Gasteiger partial charge in [0.05, 0.1) is 12.6 Å². The van der Waals surface area contributed by atoms with Crippen molar-refractivity contribution in [2.45, 2.75) is 50.0 Å². The fourth-order valence-electron chi connectivity index (χ4n) is 6.11. The van der Waals surface area contributed by atoms with Gasteiger partial charge in [0.2, 0.25) is 0 Å². The normalized spacial score (nSPS) is 18.4. The molecule has 5 nitrogen and oxygen atoms in total. The van der Waals surface area contributed by atoms with Gasteiger partial charge < -0.3 is 14.5 Å². The predicted molar refractivity (Wildman–Crippen MR) is 149 cm³/mol. The van der Waals surface area contributed by atoms with E-state index in [9.17, 15) is 0 Å². The van der Waals surface area contributed by atoms with Crippen molar-refractivity contribution >= 4 is 11.0 Å². The van der Waals surface area contributed by atoms with Crippen LogP contribution in [0.3, 0.4) is 0 Å². The molecule has 1 saturated carbocycles. The average Bonchev–Trinajstić information content (AvgIpc) is 3.60. The lowest BCUT2D eigenvalue weighted by Crippen LogP contribution is -2.30. The first-order valence-corrected chi connectivity index (χ1v) is 13.5. The van der Waals surface area contributed by atoms with E-state index in [1.807, 2.05) is 18.5 Å². The number of benzene rings is 3. The largest absolute Gasteiger partial charge is 0.494 e. The molecule has 2 heterocycles. The maximum atomic E-state index is 6.21. The minimum atomic E-state index is -0.111. The molecule has 7 rings (SSSR count). The summed E-state index contributed by atoms with van der Waals surface area (Å²) in [5, 5.41) is 0. The molecule has 5 heteroatoms. The molecule has 38 heavy (non-hydrogen) atoms. The van der Waals surface area contributed by atoms with Gasteiger partial charge in [0, 0.05) is 23.7 Å². The molecular weight excluding hydrogens is 470 g/mol. The predicted octanol–water partition coefficient (Wildman–Crippen LogP) is 6.70. The van der Waals surface area contributed by atoms with E-state index in [2.05, 4.69) is 76.7 Å². The number of H-pyrrole nitrogens is 1. The number of hydrogen-bond donors (Lipinski definition) is 1. The van der Waals surface area contributed by atoms with Crippen LogP contribution in [0.1, 0.15) is 52.4 Å². The standard InChI is InChI=1S/C33H31N3O2/c1-37-29-12-11-28(30-31(29)36-32(35-30)24-7-8-24)33(18-22-13-15-34-16-14-22)19-25-9-10-27(17-26(25)20-33)38-21-23-5-3-2-4-6-23/h2-6,9-17,24H,7-8,18-21H2,1H3,(H,35,36). The van der Waals surface area contributed by atoms with Gasteiger partial charge in [-0.3, -0.25) is 4.98 Å². The number of aromatic nitrogens is 3. The summed E-state index contributed by atoms with van der Waals surface area (Å²) in [5.41, 5.74) is 8.47. The fourth-order valence-corrected chi connectivity index (χ4v) is 6.11. The zero-order chi connectivity index (χ0) is 25.5. The zero-order valence-corrected chi connectivity index (χ0v) is 21.6. The maximum Gasteiger partial charge on any atom is 0.146 e. The van der Waals surface area contributed by atoms with Crippen LogP contribution in [-0.4, -0.2) is 22.1 Å². The lowest BCUT2D eigenvalue weighted by Gasteiger charge is -2.31. The van der Waals surface area contributed by atoms with E-state index in [1.54, 1.807) is 7.11 Å². The van der Waals surface area contributed by atoms with Crippen molar-refractivity contribution in [1.29, 1.82) is 0 Å². The summed E-state index contributed by atoms with van der Waals surface area (Å²) >= 11 is 0. The third-order valence-corrected chi connectivity index (χ3v) is 8.16. The molecule has 0 bridgehead atoms. The molecule has 1 unspecified atom stereocenters. The molecule has 1 N–H and O–H groups in total. The highest BCUT2D eigenvalue weighted by Gasteiger charge is 2.41. The second-order valence-electron chi connectivity index (χ2n) is 10.8. The molecule has 1 fully saturated rings. The van der Waals surface area contributed by atoms with Crippen LogP contribution in [0.15, 0.2) is 85.2 Å². The van der Waals surface area contributed by atoms with Crippen LogP contribution in [0, 0.1) is 0 Å². The third-order valence-electron chi connectivity index (χ3n) is 8.16. The van der Waals surface area contributed by atoms with E-state index in [0.717, 1.165) is 47.6 Å². The van der Waals surface area contributed by atoms with Crippen LogP contribution in [-0.2, 0) is 31.3 Å². The summed E-state index contributed by atoms with van der Waals surface area (Å²) in [7, 11) is 1.73. The fraction of sp³-hybridized carbons (Fsp3) is 0.273. The highest BCUT2D eigenvalue weighted by atomic mass is 16.5. The number of aromatic amines is 1. The third kappa shape index (κ3) is 4.22. The Morgan fingerprint density at radius 1 is 0.895 bits per heavy atom. The van der Waals surface area contributed by atoms with Crippen LogP contribution in [0.2, 0.25) is 0 Å². The van der Waals surface area contributed by atoms with Crippen LogP contribution < -0.4 is 9.47 Å². The molecule has 190 valence electrons. The zero-order valence-electron chi connectivity index (χ0n) is 21.6. The van der Waals surface area contributed by atoms with Gasteiger partial charge >= 0.3 is 0 Å². The number of ether oxygens (including phenoxy) is 2. The number of pyridine rings is 1. The first-order chi connectivity index (χ1) is 18.7. The number of imidazole rings is 1. The van der Waals surface area contributed by atoms with Gasteiger partial charge in [-0.2, -0.15) is 0 Å². The Balaban J connectivity index is 1.28. The van der Waals surface area contributed by atoms with Crippen molar-refractivity contribution in [3.63, 3.8) is 0 Å². The van der Waals surface area contributed by atoms with Gasteiger partial charge in [0.1, 0.15) is 29.4 Å². The minimum absolute atomic E-state index is 0.111. The molecule has 0 radical (unpaired) electrons. The summed E-state index contributed by atoms with van der Waals surface area (Å²) in [6.07, 6.45) is 9.02. The average molecular weight is 502 g/mol. The number of nitrogens with zero attached hydrogens (tertiary/aromatic N) is 2. The lowest BCUT2D eigenvalue weighted by molar-refractivity contribution is 0.306. The van der Waals surface area contributed by atoms with E-state index in [0.29, 0.717) is 12.5 Å². The first-order valence-electron chi connectivity index (χ1n) is 13.5. The Labute approximate surface area is 222 Å². The number of nitrogens with one attached hydrogen (secondary N) is 1. The van der Waals surface area contributed by atoms with E-state index in [1.165, 1.54) is 40.7 Å². The van der Waals surface area contributed by atoms with Crippen molar-refractivity contribution in [2.24, 2.45) is 0 Å². The summed E-state index contributed by atoms with van der Waals surface area (Å²) < 4.78 is 11.9. The van der Waals surface area contributed by atoms with Gasteiger partial charge in [0.15, 0.2) is 0 Å². The highest BCUT2D eigenvalue weighted by Crippen LogP contribution is 2.47. The SMILES string of the molecule is COc1ccc(C2(Cc3ccncc3)Cc3ccc(OCc4ccccc4)cc3C2)c2[nH]c(C3CC3)nc12. The molecule has 2 aliphatic rings. The van der Waals surface area contributed by atoms with Crippen LogP contribution in [0.5, 0.6) is 11.5 Å². The minimum Gasteiger partial charge on any atom is -0.494 e. The Bertz CT molecular complexity index is 1590. The molecule has 0 spiro atoms. The summed E-state index contributed by atoms with van der Waals surface area (Å²) in [6, 6.07) is 25.6. The van der Waals surface area contributed by atoms with Crippen molar-refractivity contribution in [3.05, 3.63) is 119 Å². The second-order valence-corrected chi connectivity index (χ2v) is 10.8. The number of hydrogen-bond acceptors (Lipinski definition) is 4. The molecule has 5 aromatic rings. The van der Waals surface area contributed by atoms with Crippen LogP contribution in [0.25, 0.3) is 11.0 Å². The van der Waals surface area contributed by atoms with Gasteiger partial charge in [-0.25, -0.2) is 4.98 Å². The van der Waals surface area contributed by atoms with Crippen LogP contribution in [0.4, 0.5) is 0 Å². The van der Waals surface area contributed by atoms with Crippen molar-refractivity contribution in [1.82, 2.24) is 15.0 Å². The van der Waals surface area contributed by atoms with Gasteiger partial charge in [-0.05, 0) is 90.3 Å². The van der Waals surface area contributed by atoms with E-state index < -0.39 is 0 Å². The Hall–Kier alpha value is -4.12. The first kappa shape index (κ1) is 23.0.